The van der Waals surface area contributed by atoms with Crippen molar-refractivity contribution < 1.29 is 13.6 Å². The zero-order chi connectivity index (χ0) is 18.5. The Morgan fingerprint density at radius 2 is 1.62 bits per heavy atom. The molecule has 0 radical (unpaired) electrons. The van der Waals surface area contributed by atoms with Crippen LogP contribution in [-0.4, -0.2) is 26.3 Å². The van der Waals surface area contributed by atoms with E-state index in [2.05, 4.69) is 10.2 Å². The van der Waals surface area contributed by atoms with Gasteiger partial charge in [0.15, 0.2) is 16.8 Å². The highest BCUT2D eigenvalue weighted by Crippen LogP contribution is 2.23. The van der Waals surface area contributed by atoms with Crippen molar-refractivity contribution in [2.75, 3.05) is 5.75 Å². The second-order valence-corrected chi connectivity index (χ2v) is 6.82. The van der Waals surface area contributed by atoms with Gasteiger partial charge in [-0.25, -0.2) is 8.78 Å². The van der Waals surface area contributed by atoms with E-state index in [1.807, 2.05) is 11.6 Å². The summed E-state index contributed by atoms with van der Waals surface area (Å²) in [5.41, 5.74) is 1.31. The minimum atomic E-state index is -0.351. The van der Waals surface area contributed by atoms with Crippen molar-refractivity contribution in [2.45, 2.75) is 18.0 Å². The maximum absolute atomic E-state index is 13.0. The Morgan fingerprint density at radius 1 is 1.00 bits per heavy atom. The quantitative estimate of drug-likeness (QED) is 0.347. The number of halogens is 2. The smallest absolute Gasteiger partial charge is 0.191 e. The van der Waals surface area contributed by atoms with E-state index < -0.39 is 0 Å². The van der Waals surface area contributed by atoms with Gasteiger partial charge in [0, 0.05) is 30.3 Å². The topological polar surface area (TPSA) is 47.8 Å². The average molecular weight is 373 g/mol. The Labute approximate surface area is 154 Å². The number of carbonyl (C=O) groups is 1. The van der Waals surface area contributed by atoms with Crippen molar-refractivity contribution in [3.8, 4) is 11.4 Å². The Bertz CT molecular complexity index is 892. The molecule has 3 rings (SSSR count). The molecule has 0 unspecified atom stereocenters. The van der Waals surface area contributed by atoms with E-state index in [1.54, 1.807) is 12.1 Å². The lowest BCUT2D eigenvalue weighted by Gasteiger charge is -2.04. The second kappa shape index (κ2) is 8.23. The first kappa shape index (κ1) is 18.3. The van der Waals surface area contributed by atoms with Gasteiger partial charge in [0.2, 0.25) is 0 Å². The molecule has 1 aromatic heterocycles. The van der Waals surface area contributed by atoms with E-state index in [4.69, 9.17) is 0 Å². The predicted molar refractivity (Wildman–Crippen MR) is 97.1 cm³/mol. The summed E-state index contributed by atoms with van der Waals surface area (Å²) in [5, 5.41) is 9.04. The summed E-state index contributed by atoms with van der Waals surface area (Å²) in [7, 11) is 1.85. The monoisotopic (exact) mass is 373 g/mol. The number of rotatable bonds is 7. The molecule has 0 spiro atoms. The molecule has 0 aliphatic carbocycles. The molecular formula is C19H17F2N3OS. The van der Waals surface area contributed by atoms with Crippen LogP contribution >= 0.6 is 11.8 Å². The molecule has 0 saturated carbocycles. The number of carbonyl (C=O) groups excluding carboxylic acids is 1. The third-order valence-corrected chi connectivity index (χ3v) is 4.99. The molecule has 0 aliphatic heterocycles. The average Bonchev–Trinajstić information content (AvgIpc) is 3.00. The summed E-state index contributed by atoms with van der Waals surface area (Å²) in [5.74, 6) is 0.723. The van der Waals surface area contributed by atoms with E-state index in [0.717, 1.165) is 10.7 Å². The van der Waals surface area contributed by atoms with Crippen LogP contribution in [0.25, 0.3) is 11.4 Å². The first-order chi connectivity index (χ1) is 12.5. The van der Waals surface area contributed by atoms with Gasteiger partial charge >= 0.3 is 0 Å². The van der Waals surface area contributed by atoms with E-state index in [0.29, 0.717) is 30.0 Å². The van der Waals surface area contributed by atoms with Gasteiger partial charge in [0.05, 0.1) is 0 Å². The molecule has 134 valence electrons. The van der Waals surface area contributed by atoms with Crippen LogP contribution in [-0.2, 0) is 7.05 Å². The SMILES string of the molecule is Cn1c(SCCCC(=O)c2ccc(F)cc2)nnc1-c1ccc(F)cc1. The van der Waals surface area contributed by atoms with E-state index >= 15 is 0 Å². The first-order valence-electron chi connectivity index (χ1n) is 8.11. The number of thioether (sulfide) groups is 1. The normalized spacial score (nSPS) is 10.9. The molecule has 0 N–H and O–H groups in total. The Balaban J connectivity index is 1.53. The van der Waals surface area contributed by atoms with Crippen LogP contribution in [0, 0.1) is 11.6 Å². The van der Waals surface area contributed by atoms with Gasteiger partial charge in [-0.05, 0) is 55.0 Å². The molecule has 2 aromatic carbocycles. The summed E-state index contributed by atoms with van der Waals surface area (Å²) in [6, 6.07) is 11.7. The number of aromatic nitrogens is 3. The summed E-state index contributed by atoms with van der Waals surface area (Å²) in [4.78, 5) is 12.1. The second-order valence-electron chi connectivity index (χ2n) is 5.75. The van der Waals surface area contributed by atoms with Gasteiger partial charge in [-0.15, -0.1) is 10.2 Å². The van der Waals surface area contributed by atoms with Crippen LogP contribution in [0.2, 0.25) is 0 Å². The zero-order valence-electron chi connectivity index (χ0n) is 14.2. The number of benzene rings is 2. The van der Waals surface area contributed by atoms with Crippen molar-refractivity contribution >= 4 is 17.5 Å². The van der Waals surface area contributed by atoms with Crippen LogP contribution in [0.1, 0.15) is 23.2 Å². The van der Waals surface area contributed by atoms with Crippen LogP contribution < -0.4 is 0 Å². The molecule has 0 saturated heterocycles. The lowest BCUT2D eigenvalue weighted by Crippen LogP contribution is -2.00. The van der Waals surface area contributed by atoms with Crippen molar-refractivity contribution in [2.24, 2.45) is 7.05 Å². The number of Topliss-reactive ketones (excluding diaryl/α,β-unsaturated/α-hetero) is 1. The van der Waals surface area contributed by atoms with Crippen molar-refractivity contribution in [3.63, 3.8) is 0 Å². The Kier molecular flexibility index (Phi) is 5.78. The van der Waals surface area contributed by atoms with Crippen LogP contribution in [0.3, 0.4) is 0 Å². The van der Waals surface area contributed by atoms with Gasteiger partial charge in [-0.2, -0.15) is 0 Å². The molecule has 0 fully saturated rings. The molecule has 4 nitrogen and oxygen atoms in total. The fourth-order valence-electron chi connectivity index (χ4n) is 2.47. The fraction of sp³-hybridized carbons (Fsp3) is 0.211. The summed E-state index contributed by atoms with van der Waals surface area (Å²) in [6.07, 6.45) is 1.07. The predicted octanol–water partition coefficient (Wildman–Crippen LogP) is 4.52. The van der Waals surface area contributed by atoms with Crippen LogP contribution in [0.4, 0.5) is 8.78 Å². The van der Waals surface area contributed by atoms with Crippen molar-refractivity contribution in [3.05, 3.63) is 65.7 Å². The maximum atomic E-state index is 13.0. The molecular weight excluding hydrogens is 356 g/mol. The molecule has 26 heavy (non-hydrogen) atoms. The van der Waals surface area contributed by atoms with Gasteiger partial charge in [0.25, 0.3) is 0 Å². The highest BCUT2D eigenvalue weighted by atomic mass is 32.2. The number of ketones is 1. The lowest BCUT2D eigenvalue weighted by molar-refractivity contribution is 0.0982. The number of nitrogens with zero attached hydrogens (tertiary/aromatic N) is 3. The minimum absolute atomic E-state index is 0.00411. The molecule has 0 atom stereocenters. The summed E-state index contributed by atoms with van der Waals surface area (Å²) >= 11 is 1.51. The van der Waals surface area contributed by atoms with Crippen LogP contribution in [0.15, 0.2) is 53.7 Å². The first-order valence-corrected chi connectivity index (χ1v) is 9.10. The standard InChI is InChI=1S/C19H17F2N3OS/c1-24-18(14-6-10-16(21)11-7-14)22-23-19(24)26-12-2-3-17(25)13-4-8-15(20)9-5-13/h4-11H,2-3,12H2,1H3. The fourth-order valence-corrected chi connectivity index (χ4v) is 3.32. The highest BCUT2D eigenvalue weighted by Gasteiger charge is 2.12. The molecule has 0 amide bonds. The largest absolute Gasteiger partial charge is 0.305 e. The summed E-state index contributed by atoms with van der Waals surface area (Å²) in [6.45, 7) is 0. The van der Waals surface area contributed by atoms with Gasteiger partial charge in [-0.1, -0.05) is 11.8 Å². The molecule has 3 aromatic rings. The minimum Gasteiger partial charge on any atom is -0.305 e. The summed E-state index contributed by atoms with van der Waals surface area (Å²) < 4.78 is 27.8. The van der Waals surface area contributed by atoms with Crippen LogP contribution in [0.5, 0.6) is 0 Å². The third kappa shape index (κ3) is 4.35. The Hall–Kier alpha value is -2.54. The molecule has 1 heterocycles. The third-order valence-electron chi connectivity index (χ3n) is 3.88. The van der Waals surface area contributed by atoms with Gasteiger partial charge < -0.3 is 4.57 Å². The molecule has 0 bridgehead atoms. The molecule has 7 heteroatoms. The van der Waals surface area contributed by atoms with E-state index in [-0.39, 0.29) is 17.4 Å². The van der Waals surface area contributed by atoms with Gasteiger partial charge in [0.1, 0.15) is 11.6 Å². The lowest BCUT2D eigenvalue weighted by atomic mass is 10.1. The van der Waals surface area contributed by atoms with E-state index in [1.165, 1.54) is 48.2 Å². The number of hydrogen-bond acceptors (Lipinski definition) is 4. The van der Waals surface area contributed by atoms with Gasteiger partial charge in [-0.3, -0.25) is 4.79 Å². The maximum Gasteiger partial charge on any atom is 0.191 e. The van der Waals surface area contributed by atoms with Crippen molar-refractivity contribution in [1.29, 1.82) is 0 Å². The molecule has 0 aliphatic rings. The zero-order valence-corrected chi connectivity index (χ0v) is 15.0. The van der Waals surface area contributed by atoms with E-state index in [9.17, 15) is 13.6 Å². The van der Waals surface area contributed by atoms with Crippen molar-refractivity contribution in [1.82, 2.24) is 14.8 Å². The highest BCUT2D eigenvalue weighted by molar-refractivity contribution is 7.99. The Morgan fingerprint density at radius 3 is 2.27 bits per heavy atom. The number of hydrogen-bond donors (Lipinski definition) is 0.